The van der Waals surface area contributed by atoms with E-state index in [2.05, 4.69) is 4.74 Å². The van der Waals surface area contributed by atoms with E-state index in [1.165, 1.54) is 26.2 Å². The Labute approximate surface area is 185 Å². The summed E-state index contributed by atoms with van der Waals surface area (Å²) in [6.45, 7) is 1.47. The monoisotopic (exact) mass is 497 g/mol. The Bertz CT molecular complexity index is 1220. The number of thiophene rings is 1. The molecule has 0 spiro atoms. The Morgan fingerprint density at radius 3 is 2.41 bits per heavy atom. The first-order valence-corrected chi connectivity index (χ1v) is 9.88. The number of hydrogen-bond acceptors (Lipinski definition) is 5. The molecular weight excluding hydrogens is 485 g/mol. The molecule has 0 radical (unpaired) electrons. The summed E-state index contributed by atoms with van der Waals surface area (Å²) in [7, 11) is 1.35. The number of hydrogen-bond donors (Lipinski definition) is 1. The van der Waals surface area contributed by atoms with Gasteiger partial charge in [-0.2, -0.15) is 22.0 Å². The first-order valence-electron chi connectivity index (χ1n) is 8.62. The van der Waals surface area contributed by atoms with Crippen molar-refractivity contribution in [3.8, 4) is 10.8 Å². The summed E-state index contributed by atoms with van der Waals surface area (Å²) < 4.78 is 73.4. The highest BCUT2D eigenvalue weighted by atomic mass is 35.5. The zero-order chi connectivity index (χ0) is 24.0. The predicted molar refractivity (Wildman–Crippen MR) is 105 cm³/mol. The van der Waals surface area contributed by atoms with E-state index in [1.807, 2.05) is 0 Å². The molecule has 0 atom stereocenters. The second-order valence-electron chi connectivity index (χ2n) is 6.55. The molecule has 0 saturated carbocycles. The summed E-state index contributed by atoms with van der Waals surface area (Å²) in [4.78, 5) is 24.4. The van der Waals surface area contributed by atoms with Crippen LogP contribution in [-0.4, -0.2) is 40.9 Å². The molecule has 0 aliphatic heterocycles. The van der Waals surface area contributed by atoms with E-state index < -0.39 is 35.6 Å². The van der Waals surface area contributed by atoms with Crippen molar-refractivity contribution in [2.24, 2.45) is 0 Å². The number of rotatable bonds is 6. The van der Waals surface area contributed by atoms with Crippen molar-refractivity contribution in [3.63, 3.8) is 0 Å². The van der Waals surface area contributed by atoms with Crippen molar-refractivity contribution in [1.82, 2.24) is 4.57 Å². The van der Waals surface area contributed by atoms with E-state index in [-0.39, 0.29) is 33.1 Å². The number of ether oxygens (including phenoxy) is 2. The van der Waals surface area contributed by atoms with Crippen molar-refractivity contribution in [1.29, 1.82) is 0 Å². The number of aromatic nitrogens is 1. The maximum Gasteiger partial charge on any atom is 0.499 e. The Morgan fingerprint density at radius 1 is 1.19 bits per heavy atom. The highest BCUT2D eigenvalue weighted by molar-refractivity contribution is 7.12. The molecule has 172 valence electrons. The average Bonchev–Trinajstić information content (AvgIpc) is 3.22. The standard InChI is InChI=1S/C19H13ClF5NO5S/c1-8-10(5-15(27)28)11-4-14(30-2)12(20)6-13(11)26(8)17(29)9-3-16(32-7-9)31-19(24,25)18(21,22)23/h3-4,6-7H,5H2,1-2H3,(H,27,28). The molecule has 6 nitrogen and oxygen atoms in total. The van der Waals surface area contributed by atoms with Crippen LogP contribution in [-0.2, 0) is 11.2 Å². The first-order chi connectivity index (χ1) is 14.8. The summed E-state index contributed by atoms with van der Waals surface area (Å²) >= 11 is 6.52. The zero-order valence-electron chi connectivity index (χ0n) is 16.2. The van der Waals surface area contributed by atoms with Gasteiger partial charge >= 0.3 is 18.3 Å². The molecule has 0 aliphatic rings. The van der Waals surface area contributed by atoms with Gasteiger partial charge in [-0.1, -0.05) is 11.6 Å². The van der Waals surface area contributed by atoms with Gasteiger partial charge in [0, 0.05) is 22.5 Å². The van der Waals surface area contributed by atoms with Crippen LogP contribution in [0.2, 0.25) is 5.02 Å². The molecule has 0 saturated heterocycles. The number of nitrogens with zero attached hydrogens (tertiary/aromatic N) is 1. The lowest BCUT2D eigenvalue weighted by Crippen LogP contribution is -2.41. The fourth-order valence-electron chi connectivity index (χ4n) is 3.07. The van der Waals surface area contributed by atoms with E-state index in [9.17, 15) is 36.6 Å². The number of carboxylic acid groups (broad SMARTS) is 1. The highest BCUT2D eigenvalue weighted by Gasteiger charge is 2.61. The number of aliphatic carboxylic acids is 1. The van der Waals surface area contributed by atoms with Gasteiger partial charge in [0.05, 0.1) is 29.6 Å². The maximum absolute atomic E-state index is 13.1. The largest absolute Gasteiger partial charge is 0.499 e. The molecule has 0 unspecified atom stereocenters. The fraction of sp³-hybridized carbons (Fsp3) is 0.263. The molecule has 2 heterocycles. The molecule has 2 aromatic heterocycles. The van der Waals surface area contributed by atoms with E-state index in [0.29, 0.717) is 16.7 Å². The molecule has 1 aromatic carbocycles. The molecule has 13 heteroatoms. The second-order valence-corrected chi connectivity index (χ2v) is 7.83. The minimum absolute atomic E-state index is 0.118. The van der Waals surface area contributed by atoms with E-state index in [1.54, 1.807) is 0 Å². The zero-order valence-corrected chi connectivity index (χ0v) is 17.8. The lowest BCUT2D eigenvalue weighted by Gasteiger charge is -2.18. The number of fused-ring (bicyclic) bond motifs is 1. The van der Waals surface area contributed by atoms with Gasteiger partial charge in [-0.15, -0.1) is 11.3 Å². The van der Waals surface area contributed by atoms with Crippen molar-refractivity contribution < 1.29 is 46.1 Å². The van der Waals surface area contributed by atoms with Crippen molar-refractivity contribution >= 4 is 45.7 Å². The average molecular weight is 498 g/mol. The molecular formula is C19H13ClF5NO5S. The van der Waals surface area contributed by atoms with Gasteiger partial charge in [-0.25, -0.2) is 0 Å². The molecule has 3 aromatic rings. The highest BCUT2D eigenvalue weighted by Crippen LogP contribution is 2.40. The quantitative estimate of drug-likeness (QED) is 0.454. The Hall–Kier alpha value is -2.86. The van der Waals surface area contributed by atoms with Gasteiger partial charge in [0.1, 0.15) is 5.75 Å². The summed E-state index contributed by atoms with van der Waals surface area (Å²) in [5.74, 6) is -1.74. The number of benzene rings is 1. The third-order valence-corrected chi connectivity index (χ3v) is 5.62. The first kappa shape index (κ1) is 23.8. The summed E-state index contributed by atoms with van der Waals surface area (Å²) in [5, 5.41) is 9.95. The Kier molecular flexibility index (Phi) is 6.13. The molecule has 0 fully saturated rings. The van der Waals surface area contributed by atoms with Crippen LogP contribution < -0.4 is 9.47 Å². The fourth-order valence-corrected chi connectivity index (χ4v) is 4.06. The number of methoxy groups -OCH3 is 1. The molecule has 0 bridgehead atoms. The number of alkyl halides is 5. The van der Waals surface area contributed by atoms with Crippen LogP contribution in [0.1, 0.15) is 21.6 Å². The predicted octanol–water partition coefficient (Wildman–Crippen LogP) is 5.52. The van der Waals surface area contributed by atoms with Gasteiger partial charge in [-0.3, -0.25) is 14.2 Å². The van der Waals surface area contributed by atoms with Crippen LogP contribution >= 0.6 is 22.9 Å². The molecule has 0 aliphatic carbocycles. The molecule has 32 heavy (non-hydrogen) atoms. The van der Waals surface area contributed by atoms with Crippen LogP contribution in [0.25, 0.3) is 10.9 Å². The van der Waals surface area contributed by atoms with E-state index >= 15 is 0 Å². The molecule has 0 amide bonds. The van der Waals surface area contributed by atoms with E-state index in [4.69, 9.17) is 16.3 Å². The minimum atomic E-state index is -5.93. The van der Waals surface area contributed by atoms with Crippen LogP contribution in [0, 0.1) is 6.92 Å². The van der Waals surface area contributed by atoms with Crippen molar-refractivity contribution in [3.05, 3.63) is 45.4 Å². The van der Waals surface area contributed by atoms with Crippen LogP contribution in [0.3, 0.4) is 0 Å². The lowest BCUT2D eigenvalue weighted by molar-refractivity contribution is -0.359. The van der Waals surface area contributed by atoms with Crippen LogP contribution in [0.5, 0.6) is 10.8 Å². The number of carboxylic acids is 1. The molecule has 3 rings (SSSR count). The van der Waals surface area contributed by atoms with Gasteiger partial charge in [0.2, 0.25) is 0 Å². The number of carbonyl (C=O) groups is 2. The molecule has 1 N–H and O–H groups in total. The van der Waals surface area contributed by atoms with Gasteiger partial charge in [0.15, 0.2) is 5.06 Å². The van der Waals surface area contributed by atoms with Gasteiger partial charge in [-0.05, 0) is 24.6 Å². The van der Waals surface area contributed by atoms with Gasteiger partial charge in [0.25, 0.3) is 5.91 Å². The number of carbonyl (C=O) groups excluding carboxylic acids is 1. The second kappa shape index (κ2) is 8.24. The van der Waals surface area contributed by atoms with Crippen LogP contribution in [0.4, 0.5) is 22.0 Å². The van der Waals surface area contributed by atoms with Crippen LogP contribution in [0.15, 0.2) is 23.6 Å². The topological polar surface area (TPSA) is 77.8 Å². The maximum atomic E-state index is 13.1. The third-order valence-electron chi connectivity index (χ3n) is 4.52. The minimum Gasteiger partial charge on any atom is -0.495 e. The summed E-state index contributed by atoms with van der Waals surface area (Å²) in [5.41, 5.74) is 0.484. The Morgan fingerprint density at radius 2 is 1.84 bits per heavy atom. The SMILES string of the molecule is COc1cc2c(CC(=O)O)c(C)n(C(=O)c3csc(OC(F)(F)C(F)(F)F)c3)c2cc1Cl. The Balaban J connectivity index is 2.09. The van der Waals surface area contributed by atoms with E-state index in [0.717, 1.165) is 16.0 Å². The summed E-state index contributed by atoms with van der Waals surface area (Å²) in [6, 6.07) is 3.58. The van der Waals surface area contributed by atoms with Crippen molar-refractivity contribution in [2.75, 3.05) is 7.11 Å². The third kappa shape index (κ3) is 4.24. The van der Waals surface area contributed by atoms with Crippen molar-refractivity contribution in [2.45, 2.75) is 25.6 Å². The van der Waals surface area contributed by atoms with Gasteiger partial charge < -0.3 is 14.6 Å². The lowest BCUT2D eigenvalue weighted by atomic mass is 10.1. The smallest absolute Gasteiger partial charge is 0.495 e. The number of halogens is 6. The normalized spacial score (nSPS) is 12.2. The summed E-state index contributed by atoms with van der Waals surface area (Å²) in [6.07, 6.45) is -11.8.